The number of phenols is 1. The minimum atomic E-state index is -0.414. The molecule has 0 atom stereocenters. The smallest absolute Gasteiger partial charge is 0.277 e. The Labute approximate surface area is 147 Å². The molecule has 0 aliphatic heterocycles. The van der Waals surface area contributed by atoms with E-state index >= 15 is 0 Å². The van der Waals surface area contributed by atoms with Gasteiger partial charge in [-0.1, -0.05) is 29.3 Å². The molecule has 5 nitrogen and oxygen atoms in total. The molecule has 0 aliphatic carbocycles. The number of nitrogens with zero attached hydrogens (tertiary/aromatic N) is 1. The third-order valence-electron chi connectivity index (χ3n) is 2.84. The Morgan fingerprint density at radius 2 is 2.09 bits per heavy atom. The molecule has 0 aliphatic rings. The standard InChI is InChI=1S/C16H14BrClN2O3/c1-10-2-4-13(5-3-10)23-9-15(21)20-19-8-11-6-12(18)7-14(17)16(11)22/h2-8,22H,9H2,1H3,(H,20,21). The fourth-order valence-corrected chi connectivity index (χ4v) is 2.51. The number of phenolic OH excluding ortho intramolecular Hbond substituents is 1. The van der Waals surface area contributed by atoms with E-state index in [1.54, 1.807) is 18.2 Å². The summed E-state index contributed by atoms with van der Waals surface area (Å²) in [4.78, 5) is 11.6. The van der Waals surface area contributed by atoms with Crippen molar-refractivity contribution in [2.75, 3.05) is 6.61 Å². The number of hydrogen-bond donors (Lipinski definition) is 2. The van der Waals surface area contributed by atoms with E-state index in [9.17, 15) is 9.90 Å². The minimum Gasteiger partial charge on any atom is -0.506 e. The minimum absolute atomic E-state index is 0.0108. The number of rotatable bonds is 5. The largest absolute Gasteiger partial charge is 0.506 e. The summed E-state index contributed by atoms with van der Waals surface area (Å²) in [6.45, 7) is 1.81. The van der Waals surface area contributed by atoms with Crippen molar-refractivity contribution in [2.45, 2.75) is 6.92 Å². The molecule has 120 valence electrons. The van der Waals surface area contributed by atoms with Crippen LogP contribution in [0, 0.1) is 6.92 Å². The normalized spacial score (nSPS) is 10.7. The predicted molar refractivity (Wildman–Crippen MR) is 93.2 cm³/mol. The van der Waals surface area contributed by atoms with Crippen molar-refractivity contribution >= 4 is 39.7 Å². The fourth-order valence-electron chi connectivity index (χ4n) is 1.67. The Morgan fingerprint density at radius 3 is 2.78 bits per heavy atom. The van der Waals surface area contributed by atoms with Crippen LogP contribution in [0.4, 0.5) is 0 Å². The number of ether oxygens (including phenoxy) is 1. The van der Waals surface area contributed by atoms with E-state index in [1.165, 1.54) is 12.3 Å². The second-order valence-corrected chi connectivity index (χ2v) is 6.01. The van der Waals surface area contributed by atoms with E-state index in [4.69, 9.17) is 16.3 Å². The number of hydrazone groups is 1. The van der Waals surface area contributed by atoms with Crippen molar-refractivity contribution in [2.24, 2.45) is 5.10 Å². The number of nitrogens with one attached hydrogen (secondary N) is 1. The van der Waals surface area contributed by atoms with E-state index in [0.717, 1.165) is 5.56 Å². The Morgan fingerprint density at radius 1 is 1.39 bits per heavy atom. The SMILES string of the molecule is Cc1ccc(OCC(=O)NN=Cc2cc(Cl)cc(Br)c2O)cc1. The second-order valence-electron chi connectivity index (χ2n) is 4.72. The summed E-state index contributed by atoms with van der Waals surface area (Å²) >= 11 is 9.05. The highest BCUT2D eigenvalue weighted by Crippen LogP contribution is 2.30. The molecular weight excluding hydrogens is 384 g/mol. The topological polar surface area (TPSA) is 70.9 Å². The lowest BCUT2D eigenvalue weighted by Crippen LogP contribution is -2.24. The maximum Gasteiger partial charge on any atom is 0.277 e. The number of carbonyl (C=O) groups excluding carboxylic acids is 1. The number of carbonyl (C=O) groups is 1. The van der Waals surface area contributed by atoms with Crippen molar-refractivity contribution in [3.05, 3.63) is 57.0 Å². The summed E-state index contributed by atoms with van der Waals surface area (Å²) < 4.78 is 5.77. The van der Waals surface area contributed by atoms with Gasteiger partial charge in [0.25, 0.3) is 5.91 Å². The molecule has 1 amide bonds. The van der Waals surface area contributed by atoms with Crippen LogP contribution in [0.25, 0.3) is 0 Å². The first-order chi connectivity index (χ1) is 11.0. The van der Waals surface area contributed by atoms with Gasteiger partial charge in [0.2, 0.25) is 0 Å². The predicted octanol–water partition coefficient (Wildman–Crippen LogP) is 3.65. The van der Waals surface area contributed by atoms with Crippen LogP contribution in [0.3, 0.4) is 0 Å². The van der Waals surface area contributed by atoms with Gasteiger partial charge in [0.1, 0.15) is 11.5 Å². The molecule has 0 unspecified atom stereocenters. The molecule has 0 aromatic heterocycles. The Hall–Kier alpha value is -2.05. The van der Waals surface area contributed by atoms with Crippen LogP contribution >= 0.6 is 27.5 Å². The number of aryl methyl sites for hydroxylation is 1. The average Bonchev–Trinajstić information content (AvgIpc) is 2.51. The molecule has 0 saturated heterocycles. The van der Waals surface area contributed by atoms with Crippen LogP contribution in [-0.2, 0) is 4.79 Å². The summed E-state index contributed by atoms with van der Waals surface area (Å²) in [5.74, 6) is 0.178. The van der Waals surface area contributed by atoms with Gasteiger partial charge >= 0.3 is 0 Å². The first-order valence-electron chi connectivity index (χ1n) is 6.65. The van der Waals surface area contributed by atoms with Crippen molar-refractivity contribution in [1.29, 1.82) is 0 Å². The Kier molecular flexibility index (Phi) is 6.01. The quantitative estimate of drug-likeness (QED) is 0.598. The van der Waals surface area contributed by atoms with Crippen molar-refractivity contribution in [3.63, 3.8) is 0 Å². The van der Waals surface area contributed by atoms with Gasteiger partial charge in [-0.2, -0.15) is 5.10 Å². The molecule has 7 heteroatoms. The Bertz CT molecular complexity index is 733. The molecular formula is C16H14BrClN2O3. The molecule has 0 fully saturated rings. The van der Waals surface area contributed by atoms with Crippen molar-refractivity contribution < 1.29 is 14.6 Å². The molecule has 0 spiro atoms. The Balaban J connectivity index is 1.88. The molecule has 2 rings (SSSR count). The van der Waals surface area contributed by atoms with Crippen molar-refractivity contribution in [3.8, 4) is 11.5 Å². The van der Waals surface area contributed by atoms with E-state index in [1.807, 2.05) is 19.1 Å². The summed E-state index contributed by atoms with van der Waals surface area (Å²) in [7, 11) is 0. The van der Waals surface area contributed by atoms with Gasteiger partial charge in [-0.3, -0.25) is 4.79 Å². The molecule has 0 bridgehead atoms. The summed E-state index contributed by atoms with van der Waals surface area (Å²) in [5, 5.41) is 14.0. The van der Waals surface area contributed by atoms with Crippen LogP contribution in [-0.4, -0.2) is 23.8 Å². The van der Waals surface area contributed by atoms with Gasteiger partial charge in [0.05, 0.1) is 10.7 Å². The number of amides is 1. The van der Waals surface area contributed by atoms with Crippen LogP contribution in [0.2, 0.25) is 5.02 Å². The highest BCUT2D eigenvalue weighted by molar-refractivity contribution is 9.10. The van der Waals surface area contributed by atoms with Crippen LogP contribution in [0.5, 0.6) is 11.5 Å². The van der Waals surface area contributed by atoms with Gasteiger partial charge in [0.15, 0.2) is 6.61 Å². The first kappa shape index (κ1) is 17.3. The monoisotopic (exact) mass is 396 g/mol. The lowest BCUT2D eigenvalue weighted by molar-refractivity contribution is -0.123. The van der Waals surface area contributed by atoms with Crippen molar-refractivity contribution in [1.82, 2.24) is 5.43 Å². The zero-order chi connectivity index (χ0) is 16.8. The highest BCUT2D eigenvalue weighted by atomic mass is 79.9. The summed E-state index contributed by atoms with van der Waals surface area (Å²) in [6, 6.07) is 10.4. The second kappa shape index (κ2) is 7.99. The maximum absolute atomic E-state index is 11.6. The first-order valence-corrected chi connectivity index (χ1v) is 7.82. The van der Waals surface area contributed by atoms with E-state index in [-0.39, 0.29) is 12.4 Å². The van der Waals surface area contributed by atoms with Gasteiger partial charge in [0, 0.05) is 10.6 Å². The fraction of sp³-hybridized carbons (Fsp3) is 0.125. The lowest BCUT2D eigenvalue weighted by atomic mass is 10.2. The van der Waals surface area contributed by atoms with E-state index in [2.05, 4.69) is 26.5 Å². The third kappa shape index (κ3) is 5.26. The molecule has 0 heterocycles. The van der Waals surface area contributed by atoms with Crippen LogP contribution in [0.1, 0.15) is 11.1 Å². The molecule has 2 aromatic carbocycles. The van der Waals surface area contributed by atoms with Gasteiger partial charge in [-0.15, -0.1) is 0 Å². The zero-order valence-electron chi connectivity index (χ0n) is 12.2. The third-order valence-corrected chi connectivity index (χ3v) is 3.66. The summed E-state index contributed by atoms with van der Waals surface area (Å²) in [6.07, 6.45) is 1.30. The lowest BCUT2D eigenvalue weighted by Gasteiger charge is -2.05. The highest BCUT2D eigenvalue weighted by Gasteiger charge is 2.06. The number of halogens is 2. The zero-order valence-corrected chi connectivity index (χ0v) is 14.6. The van der Waals surface area contributed by atoms with E-state index in [0.29, 0.717) is 20.8 Å². The number of hydrogen-bond acceptors (Lipinski definition) is 4. The van der Waals surface area contributed by atoms with Gasteiger partial charge < -0.3 is 9.84 Å². The number of aromatic hydroxyl groups is 1. The van der Waals surface area contributed by atoms with Crippen LogP contribution in [0.15, 0.2) is 46.0 Å². The van der Waals surface area contributed by atoms with Crippen LogP contribution < -0.4 is 10.2 Å². The average molecular weight is 398 g/mol. The maximum atomic E-state index is 11.6. The van der Waals surface area contributed by atoms with E-state index < -0.39 is 5.91 Å². The number of benzene rings is 2. The van der Waals surface area contributed by atoms with Gasteiger partial charge in [-0.05, 0) is 47.1 Å². The summed E-state index contributed by atoms with van der Waals surface area (Å²) in [5.41, 5.74) is 3.80. The molecule has 0 saturated carbocycles. The molecule has 2 aromatic rings. The molecule has 0 radical (unpaired) electrons. The van der Waals surface area contributed by atoms with Gasteiger partial charge in [-0.25, -0.2) is 5.43 Å². The molecule has 23 heavy (non-hydrogen) atoms. The molecule has 2 N–H and O–H groups in total.